The molecule has 0 radical (unpaired) electrons. The summed E-state index contributed by atoms with van der Waals surface area (Å²) in [5.74, 6) is 0.438. The first-order chi connectivity index (χ1) is 15.0. The lowest BCUT2D eigenvalue weighted by Crippen LogP contribution is -2.17. The lowest BCUT2D eigenvalue weighted by molar-refractivity contribution is 0.0734. The van der Waals surface area contributed by atoms with Gasteiger partial charge in [-0.2, -0.15) is 5.10 Å². The third kappa shape index (κ3) is 5.83. The van der Waals surface area contributed by atoms with E-state index in [2.05, 4.69) is 10.5 Å². The van der Waals surface area contributed by atoms with Gasteiger partial charge in [0.2, 0.25) is 0 Å². The smallest absolute Gasteiger partial charge is 0.343 e. The SMILES string of the molecule is COc1ccc(C(=O)N/N=C\c2ccc(OC(=O)c3cccc(Cl)c3)cc2)cc1OC. The van der Waals surface area contributed by atoms with Gasteiger partial charge in [-0.1, -0.05) is 17.7 Å². The van der Waals surface area contributed by atoms with E-state index in [-0.39, 0.29) is 0 Å². The molecule has 0 unspecified atom stereocenters. The molecule has 0 aliphatic rings. The zero-order chi connectivity index (χ0) is 22.2. The van der Waals surface area contributed by atoms with E-state index in [1.165, 1.54) is 26.5 Å². The summed E-state index contributed by atoms with van der Waals surface area (Å²) < 4.78 is 15.7. The highest BCUT2D eigenvalue weighted by molar-refractivity contribution is 6.30. The van der Waals surface area contributed by atoms with Gasteiger partial charge < -0.3 is 14.2 Å². The predicted octanol–water partition coefficient (Wildman–Crippen LogP) is 4.34. The average molecular weight is 439 g/mol. The molecule has 0 aliphatic heterocycles. The lowest BCUT2D eigenvalue weighted by atomic mass is 10.2. The minimum absolute atomic E-state index is 0.357. The molecular formula is C23H19ClN2O5. The first-order valence-corrected chi connectivity index (χ1v) is 9.51. The van der Waals surface area contributed by atoms with Crippen LogP contribution in [0, 0.1) is 0 Å². The van der Waals surface area contributed by atoms with Gasteiger partial charge in [0, 0.05) is 10.6 Å². The number of carbonyl (C=O) groups is 2. The number of halogens is 1. The van der Waals surface area contributed by atoms with Crippen molar-refractivity contribution < 1.29 is 23.8 Å². The molecule has 0 saturated heterocycles. The van der Waals surface area contributed by atoms with Crippen LogP contribution in [0.4, 0.5) is 0 Å². The highest BCUT2D eigenvalue weighted by atomic mass is 35.5. The van der Waals surface area contributed by atoms with E-state index in [1.54, 1.807) is 60.7 Å². The zero-order valence-electron chi connectivity index (χ0n) is 16.8. The average Bonchev–Trinajstić information content (AvgIpc) is 2.79. The predicted molar refractivity (Wildman–Crippen MR) is 117 cm³/mol. The number of methoxy groups -OCH3 is 2. The number of nitrogens with zero attached hydrogens (tertiary/aromatic N) is 1. The summed E-state index contributed by atoms with van der Waals surface area (Å²) in [6.45, 7) is 0. The van der Waals surface area contributed by atoms with Crippen LogP contribution in [0.2, 0.25) is 5.02 Å². The van der Waals surface area contributed by atoms with Crippen LogP contribution in [0.25, 0.3) is 0 Å². The molecule has 0 aliphatic carbocycles. The summed E-state index contributed by atoms with van der Waals surface area (Å²) in [6, 6.07) is 18.0. The van der Waals surface area contributed by atoms with Crippen molar-refractivity contribution in [2.45, 2.75) is 0 Å². The van der Waals surface area contributed by atoms with Gasteiger partial charge in [-0.25, -0.2) is 10.2 Å². The number of hydrazone groups is 1. The van der Waals surface area contributed by atoms with Crippen LogP contribution < -0.4 is 19.6 Å². The number of benzene rings is 3. The molecule has 0 aromatic heterocycles. The Bertz CT molecular complexity index is 1110. The molecule has 0 bridgehead atoms. The second-order valence-corrected chi connectivity index (χ2v) is 6.67. The lowest BCUT2D eigenvalue weighted by Gasteiger charge is -2.08. The maximum Gasteiger partial charge on any atom is 0.343 e. The number of rotatable bonds is 7. The van der Waals surface area contributed by atoms with E-state index in [0.717, 1.165) is 0 Å². The molecule has 3 aromatic rings. The van der Waals surface area contributed by atoms with Crippen LogP contribution in [0.1, 0.15) is 26.3 Å². The summed E-state index contributed by atoms with van der Waals surface area (Å²) in [5.41, 5.74) is 3.88. The number of ether oxygens (including phenoxy) is 3. The Morgan fingerprint density at radius 2 is 1.65 bits per heavy atom. The Balaban J connectivity index is 1.58. The third-order valence-corrected chi connectivity index (χ3v) is 4.41. The van der Waals surface area contributed by atoms with Gasteiger partial charge in [0.25, 0.3) is 5.91 Å². The topological polar surface area (TPSA) is 86.2 Å². The summed E-state index contributed by atoms with van der Waals surface area (Å²) in [6.07, 6.45) is 1.47. The van der Waals surface area contributed by atoms with Crippen molar-refractivity contribution in [3.05, 3.63) is 88.4 Å². The van der Waals surface area contributed by atoms with Gasteiger partial charge in [0.15, 0.2) is 11.5 Å². The van der Waals surface area contributed by atoms with E-state index in [0.29, 0.717) is 39.0 Å². The van der Waals surface area contributed by atoms with Crippen LogP contribution in [-0.2, 0) is 0 Å². The molecular weight excluding hydrogens is 420 g/mol. The Labute approximate surface area is 184 Å². The summed E-state index contributed by atoms with van der Waals surface area (Å²) in [7, 11) is 3.01. The van der Waals surface area contributed by atoms with E-state index in [9.17, 15) is 9.59 Å². The quantitative estimate of drug-likeness (QED) is 0.256. The van der Waals surface area contributed by atoms with Crippen LogP contribution in [-0.4, -0.2) is 32.3 Å². The number of amides is 1. The van der Waals surface area contributed by atoms with Crippen molar-refractivity contribution in [2.75, 3.05) is 14.2 Å². The molecule has 1 amide bonds. The number of hydrogen-bond acceptors (Lipinski definition) is 6. The fraction of sp³-hybridized carbons (Fsp3) is 0.0870. The summed E-state index contributed by atoms with van der Waals surface area (Å²) in [4.78, 5) is 24.4. The minimum Gasteiger partial charge on any atom is -0.493 e. The van der Waals surface area contributed by atoms with E-state index in [4.69, 9.17) is 25.8 Å². The maximum atomic E-state index is 12.2. The van der Waals surface area contributed by atoms with E-state index in [1.807, 2.05) is 0 Å². The standard InChI is InChI=1S/C23H19ClN2O5/c1-29-20-11-8-16(13-21(20)30-2)22(27)26-25-14-15-6-9-19(10-7-15)31-23(28)17-4-3-5-18(24)12-17/h3-14H,1-2H3,(H,26,27)/b25-14-. The summed E-state index contributed by atoms with van der Waals surface area (Å²) >= 11 is 5.89. The second kappa shape index (κ2) is 10.3. The Morgan fingerprint density at radius 3 is 2.32 bits per heavy atom. The van der Waals surface area contributed by atoms with Gasteiger partial charge in [-0.3, -0.25) is 4.79 Å². The van der Waals surface area contributed by atoms with Gasteiger partial charge in [-0.15, -0.1) is 0 Å². The van der Waals surface area contributed by atoms with Gasteiger partial charge in [0.1, 0.15) is 5.75 Å². The van der Waals surface area contributed by atoms with Crippen molar-refractivity contribution in [3.8, 4) is 17.2 Å². The molecule has 0 fully saturated rings. The van der Waals surface area contributed by atoms with Crippen LogP contribution in [0.15, 0.2) is 71.8 Å². The van der Waals surface area contributed by atoms with Gasteiger partial charge in [-0.05, 0) is 66.2 Å². The molecule has 3 rings (SSSR count). The first-order valence-electron chi connectivity index (χ1n) is 9.13. The van der Waals surface area contributed by atoms with Crippen molar-refractivity contribution in [1.82, 2.24) is 5.43 Å². The molecule has 0 atom stereocenters. The zero-order valence-corrected chi connectivity index (χ0v) is 17.6. The summed E-state index contributed by atoms with van der Waals surface area (Å²) in [5, 5.41) is 4.40. The van der Waals surface area contributed by atoms with Crippen molar-refractivity contribution in [1.29, 1.82) is 0 Å². The largest absolute Gasteiger partial charge is 0.493 e. The molecule has 0 spiro atoms. The van der Waals surface area contributed by atoms with Crippen LogP contribution >= 0.6 is 11.6 Å². The Hall–Kier alpha value is -3.84. The first kappa shape index (κ1) is 21.9. The van der Waals surface area contributed by atoms with Crippen LogP contribution in [0.3, 0.4) is 0 Å². The molecule has 158 valence electrons. The fourth-order valence-corrected chi connectivity index (χ4v) is 2.80. The van der Waals surface area contributed by atoms with E-state index < -0.39 is 11.9 Å². The second-order valence-electron chi connectivity index (χ2n) is 6.24. The van der Waals surface area contributed by atoms with Crippen molar-refractivity contribution in [2.24, 2.45) is 5.10 Å². The molecule has 0 heterocycles. The van der Waals surface area contributed by atoms with Crippen molar-refractivity contribution in [3.63, 3.8) is 0 Å². The van der Waals surface area contributed by atoms with Crippen LogP contribution in [0.5, 0.6) is 17.2 Å². The molecule has 8 heteroatoms. The molecule has 7 nitrogen and oxygen atoms in total. The third-order valence-electron chi connectivity index (χ3n) is 4.18. The number of nitrogens with one attached hydrogen (secondary N) is 1. The normalized spacial score (nSPS) is 10.5. The molecule has 31 heavy (non-hydrogen) atoms. The van der Waals surface area contributed by atoms with Gasteiger partial charge >= 0.3 is 5.97 Å². The monoisotopic (exact) mass is 438 g/mol. The molecule has 1 N–H and O–H groups in total. The number of hydrogen-bond donors (Lipinski definition) is 1. The van der Waals surface area contributed by atoms with Crippen molar-refractivity contribution >= 4 is 29.7 Å². The highest BCUT2D eigenvalue weighted by Gasteiger charge is 2.10. The van der Waals surface area contributed by atoms with Gasteiger partial charge in [0.05, 0.1) is 26.0 Å². The van der Waals surface area contributed by atoms with E-state index >= 15 is 0 Å². The Kier molecular flexibility index (Phi) is 7.24. The maximum absolute atomic E-state index is 12.2. The fourth-order valence-electron chi connectivity index (χ4n) is 2.61. The Morgan fingerprint density at radius 1 is 0.903 bits per heavy atom. The number of esters is 1. The number of carbonyl (C=O) groups excluding carboxylic acids is 2. The molecule has 0 saturated carbocycles. The molecule has 3 aromatic carbocycles. The minimum atomic E-state index is -0.508. The highest BCUT2D eigenvalue weighted by Crippen LogP contribution is 2.27.